The van der Waals surface area contributed by atoms with E-state index >= 15 is 0 Å². The standard InChI is InChI=1S/C14H19NO2/c1-14(2)16-12-6-5-10(9-13(12)17-14)8-11-4-3-7-15-11/h5-6,9,11,15H,3-4,7-8H2,1-2H3. The van der Waals surface area contributed by atoms with Gasteiger partial charge < -0.3 is 14.8 Å². The first-order chi connectivity index (χ1) is 8.12. The minimum Gasteiger partial charge on any atom is -0.449 e. The first kappa shape index (κ1) is 10.9. The van der Waals surface area contributed by atoms with Crippen LogP contribution in [-0.4, -0.2) is 18.4 Å². The minimum atomic E-state index is -0.521. The van der Waals surface area contributed by atoms with Gasteiger partial charge in [0.1, 0.15) is 0 Å². The molecule has 1 saturated heterocycles. The molecule has 3 rings (SSSR count). The highest BCUT2D eigenvalue weighted by molar-refractivity contribution is 5.45. The molecule has 17 heavy (non-hydrogen) atoms. The van der Waals surface area contributed by atoms with Crippen LogP contribution in [0.25, 0.3) is 0 Å². The number of hydrogen-bond donors (Lipinski definition) is 1. The van der Waals surface area contributed by atoms with Gasteiger partial charge in [-0.15, -0.1) is 0 Å². The minimum absolute atomic E-state index is 0.521. The number of ether oxygens (including phenoxy) is 2. The van der Waals surface area contributed by atoms with Crippen LogP contribution in [0.3, 0.4) is 0 Å². The van der Waals surface area contributed by atoms with Crippen molar-refractivity contribution in [1.29, 1.82) is 0 Å². The summed E-state index contributed by atoms with van der Waals surface area (Å²) in [4.78, 5) is 0. The van der Waals surface area contributed by atoms with Crippen LogP contribution < -0.4 is 14.8 Å². The Morgan fingerprint density at radius 1 is 1.29 bits per heavy atom. The molecule has 0 radical (unpaired) electrons. The molecule has 0 aliphatic carbocycles. The Morgan fingerprint density at radius 3 is 2.88 bits per heavy atom. The van der Waals surface area contributed by atoms with E-state index in [4.69, 9.17) is 9.47 Å². The van der Waals surface area contributed by atoms with Gasteiger partial charge in [0, 0.05) is 19.9 Å². The molecule has 2 heterocycles. The third kappa shape index (κ3) is 2.25. The van der Waals surface area contributed by atoms with E-state index in [1.54, 1.807) is 0 Å². The zero-order chi connectivity index (χ0) is 11.9. The maximum Gasteiger partial charge on any atom is 0.246 e. The van der Waals surface area contributed by atoms with Crippen molar-refractivity contribution in [3.05, 3.63) is 23.8 Å². The van der Waals surface area contributed by atoms with Gasteiger partial charge in [-0.2, -0.15) is 0 Å². The summed E-state index contributed by atoms with van der Waals surface area (Å²) in [6.45, 7) is 5.03. The van der Waals surface area contributed by atoms with E-state index in [2.05, 4.69) is 17.4 Å². The highest BCUT2D eigenvalue weighted by Crippen LogP contribution is 2.39. The zero-order valence-corrected chi connectivity index (χ0v) is 10.5. The normalized spacial score (nSPS) is 25.2. The molecule has 2 aliphatic rings. The highest BCUT2D eigenvalue weighted by atomic mass is 16.7. The second-order valence-corrected chi connectivity index (χ2v) is 5.38. The van der Waals surface area contributed by atoms with E-state index in [-0.39, 0.29) is 0 Å². The Kier molecular flexibility index (Phi) is 2.51. The molecule has 2 aliphatic heterocycles. The lowest BCUT2D eigenvalue weighted by Gasteiger charge is -2.16. The van der Waals surface area contributed by atoms with Crippen molar-refractivity contribution in [2.45, 2.75) is 44.9 Å². The van der Waals surface area contributed by atoms with Crippen molar-refractivity contribution in [2.24, 2.45) is 0 Å². The summed E-state index contributed by atoms with van der Waals surface area (Å²) in [6, 6.07) is 6.91. The smallest absolute Gasteiger partial charge is 0.246 e. The van der Waals surface area contributed by atoms with Crippen LogP contribution in [0.2, 0.25) is 0 Å². The van der Waals surface area contributed by atoms with Crippen molar-refractivity contribution in [2.75, 3.05) is 6.54 Å². The first-order valence-corrected chi connectivity index (χ1v) is 6.37. The summed E-state index contributed by atoms with van der Waals surface area (Å²) >= 11 is 0. The van der Waals surface area contributed by atoms with E-state index in [0.717, 1.165) is 24.5 Å². The van der Waals surface area contributed by atoms with E-state index in [0.29, 0.717) is 6.04 Å². The molecule has 1 aromatic rings. The van der Waals surface area contributed by atoms with Gasteiger partial charge in [-0.3, -0.25) is 0 Å². The van der Waals surface area contributed by atoms with Gasteiger partial charge >= 0.3 is 0 Å². The van der Waals surface area contributed by atoms with E-state index in [1.165, 1.54) is 18.4 Å². The van der Waals surface area contributed by atoms with Crippen LogP contribution in [0.1, 0.15) is 32.3 Å². The third-order valence-corrected chi connectivity index (χ3v) is 3.36. The number of benzene rings is 1. The highest BCUT2D eigenvalue weighted by Gasteiger charge is 2.31. The van der Waals surface area contributed by atoms with Crippen LogP contribution in [0.4, 0.5) is 0 Å². The molecule has 0 amide bonds. The summed E-state index contributed by atoms with van der Waals surface area (Å²) in [5.41, 5.74) is 1.32. The molecule has 1 atom stereocenters. The second kappa shape index (κ2) is 3.91. The summed E-state index contributed by atoms with van der Waals surface area (Å²) in [5.74, 6) is 1.22. The van der Waals surface area contributed by atoms with Crippen molar-refractivity contribution in [1.82, 2.24) is 5.32 Å². The molecule has 0 aromatic heterocycles. The Morgan fingerprint density at radius 2 is 2.12 bits per heavy atom. The predicted molar refractivity (Wildman–Crippen MR) is 66.5 cm³/mol. The van der Waals surface area contributed by atoms with Gasteiger partial charge in [-0.1, -0.05) is 6.07 Å². The van der Waals surface area contributed by atoms with E-state index in [9.17, 15) is 0 Å². The lowest BCUT2D eigenvalue weighted by Crippen LogP contribution is -2.29. The lowest BCUT2D eigenvalue weighted by molar-refractivity contribution is -0.0431. The fraction of sp³-hybridized carbons (Fsp3) is 0.571. The van der Waals surface area contributed by atoms with Crippen LogP contribution in [0.5, 0.6) is 11.5 Å². The summed E-state index contributed by atoms with van der Waals surface area (Å²) in [6.07, 6.45) is 3.65. The van der Waals surface area contributed by atoms with Crippen LogP contribution >= 0.6 is 0 Å². The molecule has 3 heteroatoms. The Hall–Kier alpha value is -1.22. The Bertz CT molecular complexity index is 422. The molecule has 1 aromatic carbocycles. The predicted octanol–water partition coefficient (Wildman–Crippen LogP) is 2.49. The van der Waals surface area contributed by atoms with Gasteiger partial charge in [0.25, 0.3) is 0 Å². The second-order valence-electron chi connectivity index (χ2n) is 5.38. The van der Waals surface area contributed by atoms with Crippen LogP contribution in [0, 0.1) is 0 Å². The third-order valence-electron chi connectivity index (χ3n) is 3.36. The fourth-order valence-corrected chi connectivity index (χ4v) is 2.61. The first-order valence-electron chi connectivity index (χ1n) is 6.37. The maximum absolute atomic E-state index is 5.76. The van der Waals surface area contributed by atoms with Gasteiger partial charge in [0.2, 0.25) is 5.79 Å². The summed E-state index contributed by atoms with van der Waals surface area (Å²) in [7, 11) is 0. The van der Waals surface area contributed by atoms with Crippen LogP contribution in [0.15, 0.2) is 18.2 Å². The average molecular weight is 233 g/mol. The Labute approximate surface area is 102 Å². The molecule has 0 bridgehead atoms. The molecule has 1 fully saturated rings. The quantitative estimate of drug-likeness (QED) is 0.851. The number of fused-ring (bicyclic) bond motifs is 1. The molecule has 1 unspecified atom stereocenters. The largest absolute Gasteiger partial charge is 0.449 e. The summed E-state index contributed by atoms with van der Waals surface area (Å²) < 4.78 is 11.4. The average Bonchev–Trinajstić information content (AvgIpc) is 2.83. The number of rotatable bonds is 2. The molecular formula is C14H19NO2. The van der Waals surface area contributed by atoms with Crippen molar-refractivity contribution >= 4 is 0 Å². The molecule has 1 N–H and O–H groups in total. The molecular weight excluding hydrogens is 214 g/mol. The Balaban J connectivity index is 1.76. The molecule has 92 valence electrons. The van der Waals surface area contributed by atoms with E-state index in [1.807, 2.05) is 19.9 Å². The zero-order valence-electron chi connectivity index (χ0n) is 10.5. The van der Waals surface area contributed by atoms with Gasteiger partial charge in [0.05, 0.1) is 0 Å². The van der Waals surface area contributed by atoms with Crippen molar-refractivity contribution in [3.8, 4) is 11.5 Å². The van der Waals surface area contributed by atoms with Crippen molar-refractivity contribution < 1.29 is 9.47 Å². The maximum atomic E-state index is 5.76. The summed E-state index contributed by atoms with van der Waals surface area (Å²) in [5, 5.41) is 3.52. The van der Waals surface area contributed by atoms with Crippen LogP contribution in [-0.2, 0) is 6.42 Å². The monoisotopic (exact) mass is 233 g/mol. The molecule has 3 nitrogen and oxygen atoms in total. The van der Waals surface area contributed by atoms with Gasteiger partial charge in [-0.25, -0.2) is 0 Å². The molecule has 0 saturated carbocycles. The molecule has 0 spiro atoms. The lowest BCUT2D eigenvalue weighted by atomic mass is 10.0. The van der Waals surface area contributed by atoms with Crippen molar-refractivity contribution in [3.63, 3.8) is 0 Å². The fourth-order valence-electron chi connectivity index (χ4n) is 2.61. The topological polar surface area (TPSA) is 30.5 Å². The van der Waals surface area contributed by atoms with Gasteiger partial charge in [0.15, 0.2) is 11.5 Å². The SMILES string of the molecule is CC1(C)Oc2ccc(CC3CCCN3)cc2O1. The van der Waals surface area contributed by atoms with Gasteiger partial charge in [-0.05, 0) is 43.5 Å². The number of hydrogen-bond acceptors (Lipinski definition) is 3. The van der Waals surface area contributed by atoms with E-state index < -0.39 is 5.79 Å². The number of nitrogens with one attached hydrogen (secondary N) is 1.